The molecule has 2 N–H and O–H groups in total. The van der Waals surface area contributed by atoms with Crippen molar-refractivity contribution < 1.29 is 32.3 Å². The Morgan fingerprint density at radius 3 is 2.30 bits per heavy atom. The first-order valence-electron chi connectivity index (χ1n) is 10.7. The van der Waals surface area contributed by atoms with Crippen molar-refractivity contribution in [3.8, 4) is 0 Å². The van der Waals surface area contributed by atoms with Gasteiger partial charge in [0.2, 0.25) is 0 Å². The van der Waals surface area contributed by atoms with Gasteiger partial charge in [-0.05, 0) is 55.0 Å². The number of nitrogens with one attached hydrogen (secondary N) is 1. The SMILES string of the molecule is O=C(O)CC(NC(=O)c1cc2c(n(Cc3ccc(F)cc3)c1=O)CCCCCC2)C(F)(F)F. The molecule has 1 atom stereocenters. The number of fused-ring (bicyclic) bond motifs is 1. The Kier molecular flexibility index (Phi) is 7.55. The molecule has 0 spiro atoms. The molecule has 0 bridgehead atoms. The summed E-state index contributed by atoms with van der Waals surface area (Å²) in [6.07, 6.45) is -1.70. The molecule has 1 amide bonds. The molecule has 0 aliphatic heterocycles. The van der Waals surface area contributed by atoms with Crippen molar-refractivity contribution >= 4 is 11.9 Å². The number of pyridine rings is 1. The zero-order chi connectivity index (χ0) is 24.2. The second-order valence-corrected chi connectivity index (χ2v) is 8.13. The molecule has 33 heavy (non-hydrogen) atoms. The van der Waals surface area contributed by atoms with Crippen LogP contribution in [0.3, 0.4) is 0 Å². The number of halogens is 4. The maximum absolute atomic E-state index is 13.3. The van der Waals surface area contributed by atoms with Crippen molar-refractivity contribution in [3.63, 3.8) is 0 Å². The molecule has 1 unspecified atom stereocenters. The first-order valence-corrected chi connectivity index (χ1v) is 10.7. The van der Waals surface area contributed by atoms with E-state index in [-0.39, 0.29) is 6.54 Å². The Balaban J connectivity index is 2.04. The summed E-state index contributed by atoms with van der Waals surface area (Å²) in [5.74, 6) is -3.46. The van der Waals surface area contributed by atoms with E-state index in [9.17, 15) is 31.9 Å². The van der Waals surface area contributed by atoms with E-state index in [2.05, 4.69) is 0 Å². The van der Waals surface area contributed by atoms with Crippen molar-refractivity contribution in [2.45, 2.75) is 63.7 Å². The number of carboxylic acid groups (broad SMARTS) is 1. The van der Waals surface area contributed by atoms with Gasteiger partial charge in [-0.3, -0.25) is 14.4 Å². The second kappa shape index (κ2) is 10.2. The maximum atomic E-state index is 13.3. The number of hydrogen-bond acceptors (Lipinski definition) is 3. The minimum Gasteiger partial charge on any atom is -0.481 e. The highest BCUT2D eigenvalue weighted by Crippen LogP contribution is 2.24. The number of benzene rings is 1. The van der Waals surface area contributed by atoms with Crippen LogP contribution in [-0.2, 0) is 24.2 Å². The van der Waals surface area contributed by atoms with Gasteiger partial charge in [-0.25, -0.2) is 4.39 Å². The fraction of sp³-hybridized carbons (Fsp3) is 0.435. The number of hydrogen-bond donors (Lipinski definition) is 2. The average molecular weight is 468 g/mol. The van der Waals surface area contributed by atoms with Crippen LogP contribution in [0.5, 0.6) is 0 Å². The Labute approximate surface area is 187 Å². The first-order chi connectivity index (χ1) is 15.6. The Hall–Kier alpha value is -3.17. The normalized spacial score (nSPS) is 15.2. The molecule has 178 valence electrons. The van der Waals surface area contributed by atoms with Crippen LogP contribution in [-0.4, -0.2) is 33.8 Å². The first kappa shape index (κ1) is 24.5. The molecule has 3 rings (SSSR count). The number of carbonyl (C=O) groups excluding carboxylic acids is 1. The summed E-state index contributed by atoms with van der Waals surface area (Å²) in [5.41, 5.74) is 0.754. The van der Waals surface area contributed by atoms with Gasteiger partial charge in [0.05, 0.1) is 13.0 Å². The quantitative estimate of drug-likeness (QED) is 0.631. The third-order valence-corrected chi connectivity index (χ3v) is 5.68. The summed E-state index contributed by atoms with van der Waals surface area (Å²) in [7, 11) is 0. The lowest BCUT2D eigenvalue weighted by Gasteiger charge is -2.23. The molecular weight excluding hydrogens is 444 g/mol. The summed E-state index contributed by atoms with van der Waals surface area (Å²) < 4.78 is 54.4. The highest BCUT2D eigenvalue weighted by atomic mass is 19.4. The number of aryl methyl sites for hydroxylation is 1. The minimum atomic E-state index is -5.00. The van der Waals surface area contributed by atoms with Crippen LogP contribution in [0.4, 0.5) is 17.6 Å². The van der Waals surface area contributed by atoms with Gasteiger partial charge in [0, 0.05) is 5.69 Å². The van der Waals surface area contributed by atoms with Crippen molar-refractivity contribution in [3.05, 3.63) is 68.9 Å². The van der Waals surface area contributed by atoms with E-state index in [1.807, 2.05) is 0 Å². The standard InChI is InChI=1S/C23H24F4N2O4/c24-16-9-7-14(8-10-16)13-29-18-6-4-2-1-3-5-15(18)11-17(22(29)33)21(32)28-19(12-20(30)31)23(25,26)27/h7-11,19H,1-6,12-13H2,(H,28,32)(H,30,31). The van der Waals surface area contributed by atoms with Crippen molar-refractivity contribution in [2.24, 2.45) is 0 Å². The molecule has 6 nitrogen and oxygen atoms in total. The van der Waals surface area contributed by atoms with Gasteiger partial charge >= 0.3 is 12.1 Å². The molecule has 1 aliphatic carbocycles. The molecule has 1 aliphatic rings. The lowest BCUT2D eigenvalue weighted by Crippen LogP contribution is -2.48. The number of carbonyl (C=O) groups is 2. The van der Waals surface area contributed by atoms with Crippen LogP contribution in [0.1, 0.15) is 59.3 Å². The van der Waals surface area contributed by atoms with Crippen molar-refractivity contribution in [2.75, 3.05) is 0 Å². The van der Waals surface area contributed by atoms with Gasteiger partial charge in [0.1, 0.15) is 17.4 Å². The van der Waals surface area contributed by atoms with E-state index in [1.165, 1.54) is 34.9 Å². The monoisotopic (exact) mass is 468 g/mol. The number of aliphatic carboxylic acids is 1. The van der Waals surface area contributed by atoms with Crippen LogP contribution in [0, 0.1) is 5.82 Å². The number of carboxylic acids is 1. The summed E-state index contributed by atoms with van der Waals surface area (Å²) >= 11 is 0. The van der Waals surface area contributed by atoms with Gasteiger partial charge in [-0.15, -0.1) is 0 Å². The van der Waals surface area contributed by atoms with E-state index in [0.29, 0.717) is 29.7 Å². The Bertz CT molecular complexity index is 1080. The molecular formula is C23H24F4N2O4. The Morgan fingerprint density at radius 2 is 1.70 bits per heavy atom. The largest absolute Gasteiger partial charge is 0.481 e. The lowest BCUT2D eigenvalue weighted by atomic mass is 9.95. The molecule has 0 radical (unpaired) electrons. The van der Waals surface area contributed by atoms with Gasteiger partial charge in [-0.2, -0.15) is 13.2 Å². The molecule has 0 saturated heterocycles. The van der Waals surface area contributed by atoms with E-state index < -0.39 is 47.5 Å². The molecule has 10 heteroatoms. The molecule has 1 heterocycles. The van der Waals surface area contributed by atoms with Crippen LogP contribution < -0.4 is 10.9 Å². The van der Waals surface area contributed by atoms with Gasteiger partial charge in [-0.1, -0.05) is 25.0 Å². The maximum Gasteiger partial charge on any atom is 0.409 e. The second-order valence-electron chi connectivity index (χ2n) is 8.13. The number of aromatic nitrogens is 1. The summed E-state index contributed by atoms with van der Waals surface area (Å²) in [4.78, 5) is 36.8. The molecule has 1 aromatic carbocycles. The zero-order valence-corrected chi connectivity index (χ0v) is 17.8. The lowest BCUT2D eigenvalue weighted by molar-refractivity contribution is -0.165. The van der Waals surface area contributed by atoms with Gasteiger partial charge in [0.15, 0.2) is 0 Å². The van der Waals surface area contributed by atoms with E-state index in [1.54, 1.807) is 5.32 Å². The predicted molar refractivity (Wildman–Crippen MR) is 112 cm³/mol. The van der Waals surface area contributed by atoms with E-state index >= 15 is 0 Å². The van der Waals surface area contributed by atoms with Crippen molar-refractivity contribution in [1.82, 2.24) is 9.88 Å². The van der Waals surface area contributed by atoms with Crippen LogP contribution in [0.25, 0.3) is 0 Å². The van der Waals surface area contributed by atoms with Gasteiger partial charge < -0.3 is 15.0 Å². The molecule has 0 fully saturated rings. The molecule has 2 aromatic rings. The fourth-order valence-electron chi connectivity index (χ4n) is 4.00. The summed E-state index contributed by atoms with van der Waals surface area (Å²) in [5, 5.41) is 10.5. The molecule has 0 saturated carbocycles. The van der Waals surface area contributed by atoms with Gasteiger partial charge in [0.25, 0.3) is 11.5 Å². The number of amides is 1. The third-order valence-electron chi connectivity index (χ3n) is 5.68. The highest BCUT2D eigenvalue weighted by molar-refractivity contribution is 5.94. The van der Waals surface area contributed by atoms with Crippen molar-refractivity contribution in [1.29, 1.82) is 0 Å². The third kappa shape index (κ3) is 6.21. The number of alkyl halides is 3. The summed E-state index contributed by atoms with van der Waals surface area (Å²) in [6.45, 7) is 0.0282. The van der Waals surface area contributed by atoms with E-state index in [0.717, 1.165) is 25.7 Å². The number of nitrogens with zero attached hydrogens (tertiary/aromatic N) is 1. The predicted octanol–water partition coefficient (Wildman–Crippen LogP) is 3.83. The van der Waals surface area contributed by atoms with Crippen LogP contribution in [0.15, 0.2) is 35.1 Å². The van der Waals surface area contributed by atoms with Crippen LogP contribution in [0.2, 0.25) is 0 Å². The molecule has 1 aromatic heterocycles. The van der Waals surface area contributed by atoms with E-state index in [4.69, 9.17) is 5.11 Å². The van der Waals surface area contributed by atoms with Crippen LogP contribution >= 0.6 is 0 Å². The number of rotatable bonds is 6. The summed E-state index contributed by atoms with van der Waals surface area (Å²) in [6, 6.07) is 4.16. The topological polar surface area (TPSA) is 88.4 Å². The average Bonchev–Trinajstić information content (AvgIpc) is 2.71. The smallest absolute Gasteiger partial charge is 0.409 e. The fourth-order valence-corrected chi connectivity index (χ4v) is 4.00. The highest BCUT2D eigenvalue weighted by Gasteiger charge is 2.42. The minimum absolute atomic E-state index is 0.0282. The zero-order valence-electron chi connectivity index (χ0n) is 17.8. The Morgan fingerprint density at radius 1 is 1.06 bits per heavy atom.